The molecule has 1 aromatic carbocycles. The number of imidazole rings is 1. The molecule has 4 heterocycles. The second-order valence-electron chi connectivity index (χ2n) is 6.72. The number of H-pyrrole nitrogens is 1. The molecule has 3 aromatic heterocycles. The maximum Gasteiger partial charge on any atom is 0.142 e. The second-order valence-corrected chi connectivity index (χ2v) is 6.72. The lowest BCUT2D eigenvalue weighted by Crippen LogP contribution is -2.34. The molecular formula is C19H20N6. The average molecular weight is 332 g/mol. The Morgan fingerprint density at radius 1 is 1.08 bits per heavy atom. The van der Waals surface area contributed by atoms with Gasteiger partial charge in [0.05, 0.1) is 16.4 Å². The molecule has 0 atom stereocenters. The van der Waals surface area contributed by atoms with Gasteiger partial charge in [0, 0.05) is 32.3 Å². The Kier molecular flexibility index (Phi) is 3.23. The van der Waals surface area contributed by atoms with Crippen LogP contribution in [0.3, 0.4) is 0 Å². The number of fused-ring (bicyclic) bond motifs is 2. The molecule has 1 fully saturated rings. The molecule has 0 radical (unpaired) electrons. The quantitative estimate of drug-likeness (QED) is 0.612. The predicted molar refractivity (Wildman–Crippen MR) is 98.8 cm³/mol. The zero-order valence-electron chi connectivity index (χ0n) is 14.2. The normalized spacial score (nSPS) is 16.1. The molecule has 6 heteroatoms. The highest BCUT2D eigenvalue weighted by Crippen LogP contribution is 2.32. The number of anilines is 1. The lowest BCUT2D eigenvalue weighted by atomic mass is 9.96. The van der Waals surface area contributed by atoms with Gasteiger partial charge in [-0.2, -0.15) is 0 Å². The summed E-state index contributed by atoms with van der Waals surface area (Å²) < 4.78 is 2.25. The maximum absolute atomic E-state index is 4.89. The van der Waals surface area contributed by atoms with Gasteiger partial charge in [-0.1, -0.05) is 12.1 Å². The lowest BCUT2D eigenvalue weighted by molar-refractivity contribution is 0.476. The second kappa shape index (κ2) is 5.58. The van der Waals surface area contributed by atoms with Gasteiger partial charge >= 0.3 is 0 Å². The molecule has 0 unspecified atom stereocenters. The van der Waals surface area contributed by atoms with E-state index in [-0.39, 0.29) is 0 Å². The molecule has 6 nitrogen and oxygen atoms in total. The van der Waals surface area contributed by atoms with Crippen molar-refractivity contribution in [1.29, 1.82) is 0 Å². The van der Waals surface area contributed by atoms with Gasteiger partial charge in [-0.15, -0.1) is 0 Å². The fourth-order valence-corrected chi connectivity index (χ4v) is 3.99. The molecule has 0 spiro atoms. The average Bonchev–Trinajstić information content (AvgIpc) is 3.27. The van der Waals surface area contributed by atoms with E-state index in [2.05, 4.69) is 61.8 Å². The standard InChI is InChI=1S/C19H20N6/c1-24-16-5-3-2-4-15(16)23-18(24)13-7-10-25(11-8-13)19-14-6-9-20-17(14)21-12-22-19/h2-6,9,12-13H,7-8,10-11H2,1H3,(H,20,21,22). The van der Waals surface area contributed by atoms with Crippen molar-refractivity contribution in [2.24, 2.45) is 7.05 Å². The van der Waals surface area contributed by atoms with Gasteiger partial charge in [-0.3, -0.25) is 0 Å². The molecule has 5 rings (SSSR count). The highest BCUT2D eigenvalue weighted by molar-refractivity contribution is 5.87. The van der Waals surface area contributed by atoms with Crippen LogP contribution in [0.15, 0.2) is 42.9 Å². The first-order valence-corrected chi connectivity index (χ1v) is 8.75. The number of nitrogens with one attached hydrogen (secondary N) is 1. The predicted octanol–water partition coefficient (Wildman–Crippen LogP) is 3.23. The molecule has 1 aliphatic heterocycles. The van der Waals surface area contributed by atoms with E-state index in [1.807, 2.05) is 6.20 Å². The molecular weight excluding hydrogens is 312 g/mol. The number of aromatic amines is 1. The van der Waals surface area contributed by atoms with Gasteiger partial charge in [0.1, 0.15) is 23.6 Å². The van der Waals surface area contributed by atoms with Crippen molar-refractivity contribution < 1.29 is 0 Å². The van der Waals surface area contributed by atoms with Crippen LogP contribution in [-0.4, -0.2) is 37.6 Å². The Balaban J connectivity index is 1.41. The van der Waals surface area contributed by atoms with Gasteiger partial charge in [-0.25, -0.2) is 15.0 Å². The van der Waals surface area contributed by atoms with E-state index in [0.29, 0.717) is 5.92 Å². The Morgan fingerprint density at radius 2 is 1.92 bits per heavy atom. The van der Waals surface area contributed by atoms with Crippen molar-refractivity contribution >= 4 is 27.9 Å². The monoisotopic (exact) mass is 332 g/mol. The van der Waals surface area contributed by atoms with Crippen molar-refractivity contribution in [2.75, 3.05) is 18.0 Å². The van der Waals surface area contributed by atoms with Crippen LogP contribution in [-0.2, 0) is 7.05 Å². The van der Waals surface area contributed by atoms with Crippen LogP contribution in [0.1, 0.15) is 24.6 Å². The van der Waals surface area contributed by atoms with Gasteiger partial charge in [0.25, 0.3) is 0 Å². The van der Waals surface area contributed by atoms with E-state index in [1.54, 1.807) is 6.33 Å². The molecule has 1 saturated heterocycles. The van der Waals surface area contributed by atoms with Gasteiger partial charge in [0.15, 0.2) is 0 Å². The fraction of sp³-hybridized carbons (Fsp3) is 0.316. The summed E-state index contributed by atoms with van der Waals surface area (Å²) in [7, 11) is 2.13. The Hall–Kier alpha value is -2.89. The molecule has 126 valence electrons. The SMILES string of the molecule is Cn1c(C2CCN(c3ncnc4[nH]ccc34)CC2)nc2ccccc21. The highest BCUT2D eigenvalue weighted by Gasteiger charge is 2.26. The topological polar surface area (TPSA) is 62.6 Å². The van der Waals surface area contributed by atoms with Crippen LogP contribution >= 0.6 is 0 Å². The van der Waals surface area contributed by atoms with Crippen molar-refractivity contribution in [3.05, 3.63) is 48.7 Å². The summed E-state index contributed by atoms with van der Waals surface area (Å²) in [6, 6.07) is 10.4. The summed E-state index contributed by atoms with van der Waals surface area (Å²) in [6.45, 7) is 1.98. The molecule has 4 aromatic rings. The zero-order chi connectivity index (χ0) is 16.8. The first kappa shape index (κ1) is 14.5. The molecule has 1 aliphatic rings. The molecule has 0 amide bonds. The lowest BCUT2D eigenvalue weighted by Gasteiger charge is -2.32. The van der Waals surface area contributed by atoms with E-state index in [0.717, 1.165) is 48.3 Å². The number of aromatic nitrogens is 5. The minimum absolute atomic E-state index is 0.497. The van der Waals surface area contributed by atoms with Gasteiger partial charge in [-0.05, 0) is 31.0 Å². The van der Waals surface area contributed by atoms with Crippen molar-refractivity contribution in [1.82, 2.24) is 24.5 Å². The third-order valence-corrected chi connectivity index (χ3v) is 5.31. The number of hydrogen-bond donors (Lipinski definition) is 1. The largest absolute Gasteiger partial charge is 0.356 e. The van der Waals surface area contributed by atoms with E-state index >= 15 is 0 Å². The highest BCUT2D eigenvalue weighted by atomic mass is 15.2. The van der Waals surface area contributed by atoms with Crippen LogP contribution in [0, 0.1) is 0 Å². The summed E-state index contributed by atoms with van der Waals surface area (Å²) in [5.74, 6) is 2.74. The number of rotatable bonds is 2. The number of nitrogens with zero attached hydrogens (tertiary/aromatic N) is 5. The fourth-order valence-electron chi connectivity index (χ4n) is 3.99. The minimum Gasteiger partial charge on any atom is -0.356 e. The zero-order valence-corrected chi connectivity index (χ0v) is 14.2. The third kappa shape index (κ3) is 2.28. The number of hydrogen-bond acceptors (Lipinski definition) is 4. The number of para-hydroxylation sites is 2. The summed E-state index contributed by atoms with van der Waals surface area (Å²) in [4.78, 5) is 19.2. The van der Waals surface area contributed by atoms with Crippen molar-refractivity contribution in [2.45, 2.75) is 18.8 Å². The molecule has 1 N–H and O–H groups in total. The molecule has 25 heavy (non-hydrogen) atoms. The summed E-state index contributed by atoms with van der Waals surface area (Å²) >= 11 is 0. The minimum atomic E-state index is 0.497. The Bertz CT molecular complexity index is 1040. The van der Waals surface area contributed by atoms with Crippen LogP contribution in [0.25, 0.3) is 22.1 Å². The first-order valence-electron chi connectivity index (χ1n) is 8.75. The van der Waals surface area contributed by atoms with E-state index in [4.69, 9.17) is 4.98 Å². The van der Waals surface area contributed by atoms with Crippen LogP contribution in [0.4, 0.5) is 5.82 Å². The number of benzene rings is 1. The van der Waals surface area contributed by atoms with E-state index in [1.165, 1.54) is 11.3 Å². The number of aryl methyl sites for hydroxylation is 1. The van der Waals surface area contributed by atoms with Crippen molar-refractivity contribution in [3.63, 3.8) is 0 Å². The van der Waals surface area contributed by atoms with Crippen LogP contribution < -0.4 is 4.90 Å². The number of piperidine rings is 1. The van der Waals surface area contributed by atoms with Crippen LogP contribution in [0.2, 0.25) is 0 Å². The first-order chi connectivity index (χ1) is 12.3. The third-order valence-electron chi connectivity index (χ3n) is 5.31. The Labute approximate surface area is 145 Å². The van der Waals surface area contributed by atoms with Crippen LogP contribution in [0.5, 0.6) is 0 Å². The molecule has 0 saturated carbocycles. The maximum atomic E-state index is 4.89. The van der Waals surface area contributed by atoms with Crippen molar-refractivity contribution in [3.8, 4) is 0 Å². The Morgan fingerprint density at radius 3 is 2.76 bits per heavy atom. The smallest absolute Gasteiger partial charge is 0.142 e. The summed E-state index contributed by atoms with van der Waals surface area (Å²) in [5, 5.41) is 1.10. The molecule has 0 aliphatic carbocycles. The summed E-state index contributed by atoms with van der Waals surface area (Å²) in [6.07, 6.45) is 5.75. The van der Waals surface area contributed by atoms with Gasteiger partial charge < -0.3 is 14.5 Å². The van der Waals surface area contributed by atoms with E-state index < -0.39 is 0 Å². The van der Waals surface area contributed by atoms with Gasteiger partial charge in [0.2, 0.25) is 0 Å². The van der Waals surface area contributed by atoms with E-state index in [9.17, 15) is 0 Å². The molecule has 0 bridgehead atoms. The summed E-state index contributed by atoms with van der Waals surface area (Å²) in [5.41, 5.74) is 3.21.